The second kappa shape index (κ2) is 5.33. The maximum Gasteiger partial charge on any atom is 0.335 e. The van der Waals surface area contributed by atoms with Gasteiger partial charge in [-0.15, -0.1) is 0 Å². The molecule has 2 fully saturated rings. The molecule has 0 spiro atoms. The molecule has 1 N–H and O–H groups in total. The van der Waals surface area contributed by atoms with Crippen molar-refractivity contribution in [2.24, 2.45) is 0 Å². The fourth-order valence-electron chi connectivity index (χ4n) is 3.59. The molecule has 1 unspecified atom stereocenters. The quantitative estimate of drug-likeness (QED) is 0.906. The van der Waals surface area contributed by atoms with Gasteiger partial charge in [-0.25, -0.2) is 4.79 Å². The zero-order valence-electron chi connectivity index (χ0n) is 11.2. The summed E-state index contributed by atoms with van der Waals surface area (Å²) in [7, 11) is 0. The Kier molecular flexibility index (Phi) is 3.56. The lowest BCUT2D eigenvalue weighted by atomic mass is 9.96. The minimum Gasteiger partial charge on any atom is -0.478 e. The summed E-state index contributed by atoms with van der Waals surface area (Å²) in [5, 5.41) is 9.07. The van der Waals surface area contributed by atoms with Crippen molar-refractivity contribution < 1.29 is 9.90 Å². The highest BCUT2D eigenvalue weighted by Gasteiger charge is 2.30. The summed E-state index contributed by atoms with van der Waals surface area (Å²) in [6.45, 7) is 2.28. The van der Waals surface area contributed by atoms with Gasteiger partial charge in [0.1, 0.15) is 0 Å². The molecule has 1 aliphatic heterocycles. The largest absolute Gasteiger partial charge is 0.478 e. The van der Waals surface area contributed by atoms with E-state index in [1.165, 1.54) is 44.2 Å². The molecule has 1 aromatic carbocycles. The molecule has 0 amide bonds. The van der Waals surface area contributed by atoms with E-state index in [0.717, 1.165) is 12.6 Å². The number of likely N-dealkylation sites (tertiary alicyclic amines) is 1. The molecule has 3 nitrogen and oxygen atoms in total. The molecule has 1 aromatic rings. The first kappa shape index (κ1) is 12.7. The molecule has 0 bridgehead atoms. The van der Waals surface area contributed by atoms with Crippen molar-refractivity contribution in [2.75, 3.05) is 13.1 Å². The maximum atomic E-state index is 11.0. The second-order valence-electron chi connectivity index (χ2n) is 5.85. The molecule has 0 radical (unpaired) electrons. The Hall–Kier alpha value is -1.35. The van der Waals surface area contributed by atoms with E-state index in [2.05, 4.69) is 11.0 Å². The fraction of sp³-hybridized carbons (Fsp3) is 0.562. The minimum absolute atomic E-state index is 0.414. The second-order valence-corrected chi connectivity index (χ2v) is 5.85. The third-order valence-corrected chi connectivity index (χ3v) is 4.67. The molecule has 2 aliphatic rings. The molecule has 0 aromatic heterocycles. The van der Waals surface area contributed by atoms with Crippen LogP contribution in [0.15, 0.2) is 24.3 Å². The van der Waals surface area contributed by atoms with Crippen LogP contribution < -0.4 is 0 Å². The van der Waals surface area contributed by atoms with Crippen molar-refractivity contribution in [1.82, 2.24) is 4.90 Å². The average Bonchev–Trinajstić information content (AvgIpc) is 3.09. The van der Waals surface area contributed by atoms with Crippen molar-refractivity contribution in [3.63, 3.8) is 0 Å². The van der Waals surface area contributed by atoms with Gasteiger partial charge >= 0.3 is 5.97 Å². The van der Waals surface area contributed by atoms with Crippen molar-refractivity contribution in [3.05, 3.63) is 35.4 Å². The number of hydrogen-bond donors (Lipinski definition) is 1. The van der Waals surface area contributed by atoms with Crippen molar-refractivity contribution in [3.8, 4) is 0 Å². The Morgan fingerprint density at radius 3 is 2.74 bits per heavy atom. The predicted molar refractivity (Wildman–Crippen MR) is 74.6 cm³/mol. The first-order valence-corrected chi connectivity index (χ1v) is 7.31. The molecular formula is C16H21NO2. The van der Waals surface area contributed by atoms with Crippen molar-refractivity contribution in [2.45, 2.75) is 44.1 Å². The van der Waals surface area contributed by atoms with Gasteiger partial charge in [-0.2, -0.15) is 0 Å². The van der Waals surface area contributed by atoms with Gasteiger partial charge in [0.15, 0.2) is 0 Å². The molecule has 1 atom stereocenters. The van der Waals surface area contributed by atoms with Crippen LogP contribution in [-0.4, -0.2) is 35.1 Å². The molecular weight excluding hydrogens is 238 g/mol. The summed E-state index contributed by atoms with van der Waals surface area (Å²) >= 11 is 0. The number of hydrogen-bond acceptors (Lipinski definition) is 2. The van der Waals surface area contributed by atoms with E-state index >= 15 is 0 Å². The van der Waals surface area contributed by atoms with Crippen LogP contribution in [0.4, 0.5) is 0 Å². The maximum absolute atomic E-state index is 11.0. The van der Waals surface area contributed by atoms with E-state index in [9.17, 15) is 4.79 Å². The smallest absolute Gasteiger partial charge is 0.335 e. The summed E-state index contributed by atoms with van der Waals surface area (Å²) in [6, 6.07) is 8.26. The summed E-state index contributed by atoms with van der Waals surface area (Å²) < 4.78 is 0. The number of benzene rings is 1. The fourth-order valence-corrected chi connectivity index (χ4v) is 3.59. The zero-order chi connectivity index (χ0) is 13.2. The van der Waals surface area contributed by atoms with Crippen LogP contribution in [0.5, 0.6) is 0 Å². The number of aromatic carboxylic acids is 1. The topological polar surface area (TPSA) is 40.5 Å². The van der Waals surface area contributed by atoms with Gasteiger partial charge in [-0.3, -0.25) is 4.90 Å². The molecule has 1 heterocycles. The number of carboxylic acids is 1. The lowest BCUT2D eigenvalue weighted by molar-refractivity contribution is 0.0696. The first-order chi connectivity index (χ1) is 9.24. The van der Waals surface area contributed by atoms with Gasteiger partial charge in [-0.1, -0.05) is 25.0 Å². The van der Waals surface area contributed by atoms with Crippen LogP contribution in [0.25, 0.3) is 0 Å². The van der Waals surface area contributed by atoms with Gasteiger partial charge in [0.2, 0.25) is 0 Å². The Bertz CT molecular complexity index is 466. The Morgan fingerprint density at radius 2 is 2.00 bits per heavy atom. The highest BCUT2D eigenvalue weighted by atomic mass is 16.4. The number of carbonyl (C=O) groups is 1. The standard InChI is InChI=1S/C16H21NO2/c18-16(19)13-5-3-4-12(10-13)14-8-9-17(11-14)15-6-1-2-7-15/h3-5,10,14-15H,1-2,6-9,11H2,(H,18,19). The van der Waals surface area contributed by atoms with E-state index < -0.39 is 5.97 Å². The van der Waals surface area contributed by atoms with E-state index in [0.29, 0.717) is 11.5 Å². The van der Waals surface area contributed by atoms with Crippen LogP contribution in [0.3, 0.4) is 0 Å². The highest BCUT2D eigenvalue weighted by molar-refractivity contribution is 5.87. The normalized spacial score (nSPS) is 24.9. The zero-order valence-corrected chi connectivity index (χ0v) is 11.2. The van der Waals surface area contributed by atoms with E-state index in [-0.39, 0.29) is 0 Å². The van der Waals surface area contributed by atoms with E-state index in [4.69, 9.17) is 5.11 Å². The summed E-state index contributed by atoms with van der Waals surface area (Å²) in [5.74, 6) is -0.313. The summed E-state index contributed by atoms with van der Waals surface area (Å²) in [6.07, 6.45) is 6.62. The molecule has 19 heavy (non-hydrogen) atoms. The average molecular weight is 259 g/mol. The number of rotatable bonds is 3. The number of nitrogens with zero attached hydrogens (tertiary/aromatic N) is 1. The Labute approximate surface area is 114 Å². The van der Waals surface area contributed by atoms with Crippen LogP contribution in [-0.2, 0) is 0 Å². The van der Waals surface area contributed by atoms with Gasteiger partial charge in [0.05, 0.1) is 5.56 Å². The van der Waals surface area contributed by atoms with Crippen LogP contribution >= 0.6 is 0 Å². The molecule has 3 rings (SSSR count). The van der Waals surface area contributed by atoms with Gasteiger partial charge in [0, 0.05) is 12.6 Å². The minimum atomic E-state index is -0.826. The Morgan fingerprint density at radius 1 is 1.21 bits per heavy atom. The lowest BCUT2D eigenvalue weighted by Crippen LogP contribution is -2.30. The van der Waals surface area contributed by atoms with Crippen LogP contribution in [0.2, 0.25) is 0 Å². The van der Waals surface area contributed by atoms with Gasteiger partial charge < -0.3 is 5.11 Å². The monoisotopic (exact) mass is 259 g/mol. The van der Waals surface area contributed by atoms with Gasteiger partial charge in [-0.05, 0) is 49.4 Å². The molecule has 1 aliphatic carbocycles. The molecule has 102 valence electrons. The lowest BCUT2D eigenvalue weighted by Gasteiger charge is -2.23. The number of carboxylic acid groups (broad SMARTS) is 1. The third-order valence-electron chi connectivity index (χ3n) is 4.67. The van der Waals surface area contributed by atoms with Crippen LogP contribution in [0.1, 0.15) is 53.9 Å². The van der Waals surface area contributed by atoms with Crippen molar-refractivity contribution >= 4 is 5.97 Å². The Balaban J connectivity index is 1.70. The van der Waals surface area contributed by atoms with E-state index in [1.54, 1.807) is 6.07 Å². The molecule has 1 saturated carbocycles. The summed E-state index contributed by atoms with van der Waals surface area (Å²) in [5.41, 5.74) is 1.61. The first-order valence-electron chi connectivity index (χ1n) is 7.31. The van der Waals surface area contributed by atoms with Crippen LogP contribution in [0, 0.1) is 0 Å². The van der Waals surface area contributed by atoms with E-state index in [1.807, 2.05) is 12.1 Å². The summed E-state index contributed by atoms with van der Waals surface area (Å²) in [4.78, 5) is 13.6. The van der Waals surface area contributed by atoms with Gasteiger partial charge in [0.25, 0.3) is 0 Å². The van der Waals surface area contributed by atoms with Crippen molar-refractivity contribution in [1.29, 1.82) is 0 Å². The third kappa shape index (κ3) is 2.66. The highest BCUT2D eigenvalue weighted by Crippen LogP contribution is 2.33. The molecule has 3 heteroatoms. The molecule has 1 saturated heterocycles. The SMILES string of the molecule is O=C(O)c1cccc(C2CCN(C3CCCC3)C2)c1. The predicted octanol–water partition coefficient (Wildman–Crippen LogP) is 3.12.